The summed E-state index contributed by atoms with van der Waals surface area (Å²) in [6, 6.07) is 5.76. The summed E-state index contributed by atoms with van der Waals surface area (Å²) in [5, 5.41) is 2.48. The Morgan fingerprint density at radius 1 is 1.30 bits per heavy atom. The molecule has 20 heavy (non-hydrogen) atoms. The lowest BCUT2D eigenvalue weighted by Crippen LogP contribution is -2.14. The fraction of sp³-hybridized carbons (Fsp3) is 0.143. The van der Waals surface area contributed by atoms with E-state index in [1.54, 1.807) is 6.07 Å². The lowest BCUT2D eigenvalue weighted by Gasteiger charge is -2.08. The van der Waals surface area contributed by atoms with Gasteiger partial charge in [-0.15, -0.1) is 0 Å². The highest BCUT2D eigenvalue weighted by Crippen LogP contribution is 2.18. The predicted molar refractivity (Wildman–Crippen MR) is 72.9 cm³/mol. The molecule has 0 saturated carbocycles. The first-order chi connectivity index (χ1) is 9.49. The minimum Gasteiger partial charge on any atom is -0.319 e. The molecule has 6 heteroatoms. The van der Waals surface area contributed by atoms with E-state index in [9.17, 15) is 13.6 Å². The molecule has 2 rings (SSSR count). The summed E-state index contributed by atoms with van der Waals surface area (Å²) in [6.45, 7) is 1.87. The van der Waals surface area contributed by atoms with Gasteiger partial charge < -0.3 is 5.32 Å². The number of halogens is 3. The Morgan fingerprint density at radius 2 is 2.05 bits per heavy atom. The van der Waals surface area contributed by atoms with Gasteiger partial charge in [-0.2, -0.15) is 0 Å². The molecule has 0 spiro atoms. The lowest BCUT2D eigenvalue weighted by molar-refractivity contribution is 0.102. The highest BCUT2D eigenvalue weighted by atomic mass is 35.5. The highest BCUT2D eigenvalue weighted by Gasteiger charge is 2.12. The number of hydrogen-bond acceptors (Lipinski definition) is 2. The van der Waals surface area contributed by atoms with Crippen molar-refractivity contribution in [3.05, 3.63) is 58.4 Å². The van der Waals surface area contributed by atoms with Gasteiger partial charge >= 0.3 is 0 Å². The van der Waals surface area contributed by atoms with E-state index in [1.807, 2.05) is 6.92 Å². The van der Waals surface area contributed by atoms with Crippen molar-refractivity contribution >= 4 is 23.2 Å². The van der Waals surface area contributed by atoms with Crippen molar-refractivity contribution in [2.75, 3.05) is 5.32 Å². The third-order valence-corrected chi connectivity index (χ3v) is 2.84. The Bertz CT molecular complexity index is 662. The van der Waals surface area contributed by atoms with Gasteiger partial charge in [-0.1, -0.05) is 18.5 Å². The molecule has 0 aliphatic rings. The summed E-state index contributed by atoms with van der Waals surface area (Å²) < 4.78 is 26.5. The number of carbonyl (C=O) groups is 1. The highest BCUT2D eigenvalue weighted by molar-refractivity contribution is 6.29. The molecule has 1 amide bonds. The van der Waals surface area contributed by atoms with Gasteiger partial charge in [-0.3, -0.25) is 4.79 Å². The minimum atomic E-state index is -0.712. The van der Waals surface area contributed by atoms with Crippen molar-refractivity contribution in [2.24, 2.45) is 0 Å². The lowest BCUT2D eigenvalue weighted by atomic mass is 10.2. The molecule has 0 atom stereocenters. The van der Waals surface area contributed by atoms with Crippen molar-refractivity contribution in [2.45, 2.75) is 13.3 Å². The van der Waals surface area contributed by atoms with Gasteiger partial charge in [0.15, 0.2) is 0 Å². The van der Waals surface area contributed by atoms with E-state index in [0.717, 1.165) is 18.2 Å². The van der Waals surface area contributed by atoms with Gasteiger partial charge in [-0.25, -0.2) is 13.8 Å². The van der Waals surface area contributed by atoms with Crippen molar-refractivity contribution in [1.29, 1.82) is 0 Å². The van der Waals surface area contributed by atoms with Crippen LogP contribution in [0.4, 0.5) is 14.5 Å². The molecular weight excluding hydrogens is 286 g/mol. The largest absolute Gasteiger partial charge is 0.319 e. The van der Waals surface area contributed by atoms with E-state index in [-0.39, 0.29) is 16.4 Å². The van der Waals surface area contributed by atoms with E-state index in [0.29, 0.717) is 12.1 Å². The number of carbonyl (C=O) groups excluding carboxylic acids is 1. The molecule has 0 bridgehead atoms. The van der Waals surface area contributed by atoms with Crippen LogP contribution in [0.25, 0.3) is 0 Å². The Labute approximate surface area is 119 Å². The monoisotopic (exact) mass is 296 g/mol. The van der Waals surface area contributed by atoms with Crippen molar-refractivity contribution in [1.82, 2.24) is 4.98 Å². The Kier molecular flexibility index (Phi) is 4.29. The number of benzene rings is 1. The number of aryl methyl sites for hydroxylation is 1. The van der Waals surface area contributed by atoms with Crippen LogP contribution in [0, 0.1) is 11.6 Å². The molecule has 3 nitrogen and oxygen atoms in total. The number of nitrogens with zero attached hydrogens (tertiary/aromatic N) is 1. The smallest absolute Gasteiger partial charge is 0.255 e. The molecule has 1 aromatic carbocycles. The second-order valence-electron chi connectivity index (χ2n) is 4.10. The summed E-state index contributed by atoms with van der Waals surface area (Å²) in [7, 11) is 0. The van der Waals surface area contributed by atoms with E-state index in [2.05, 4.69) is 10.3 Å². The van der Waals surface area contributed by atoms with Gasteiger partial charge in [0.1, 0.15) is 16.8 Å². The average Bonchev–Trinajstić information content (AvgIpc) is 2.42. The maximum Gasteiger partial charge on any atom is 0.255 e. The minimum absolute atomic E-state index is 0.175. The van der Waals surface area contributed by atoms with Crippen LogP contribution in [0.2, 0.25) is 5.15 Å². The zero-order chi connectivity index (χ0) is 14.7. The first-order valence-electron chi connectivity index (χ1n) is 5.92. The number of aromatic nitrogens is 1. The molecule has 0 aliphatic carbocycles. The Morgan fingerprint density at radius 3 is 2.75 bits per heavy atom. The van der Waals surface area contributed by atoms with Crippen molar-refractivity contribution in [3.8, 4) is 0 Å². The number of nitrogens with one attached hydrogen (secondary N) is 1. The molecule has 1 aromatic heterocycles. The van der Waals surface area contributed by atoms with Crippen molar-refractivity contribution in [3.63, 3.8) is 0 Å². The molecule has 0 saturated heterocycles. The van der Waals surface area contributed by atoms with Crippen LogP contribution >= 0.6 is 11.6 Å². The molecule has 0 aliphatic heterocycles. The van der Waals surface area contributed by atoms with Crippen LogP contribution in [0.3, 0.4) is 0 Å². The summed E-state index contributed by atoms with van der Waals surface area (Å²) >= 11 is 5.81. The molecule has 2 aromatic rings. The first-order valence-corrected chi connectivity index (χ1v) is 6.30. The summed E-state index contributed by atoms with van der Waals surface area (Å²) in [6.07, 6.45) is 0.606. The van der Waals surface area contributed by atoms with Crippen LogP contribution < -0.4 is 5.32 Å². The van der Waals surface area contributed by atoms with E-state index in [4.69, 9.17) is 11.6 Å². The third-order valence-electron chi connectivity index (χ3n) is 2.65. The second kappa shape index (κ2) is 5.96. The number of pyridine rings is 1. The SMILES string of the molecule is CCc1cc(C(=O)Nc2cc(F)ccc2F)cc(Cl)n1. The summed E-state index contributed by atoms with van der Waals surface area (Å²) in [5.74, 6) is -1.92. The van der Waals surface area contributed by atoms with Gasteiger partial charge in [-0.05, 0) is 30.7 Å². The number of hydrogen-bond donors (Lipinski definition) is 1. The van der Waals surface area contributed by atoms with Crippen LogP contribution in [0.5, 0.6) is 0 Å². The van der Waals surface area contributed by atoms with Crippen LogP contribution in [0.1, 0.15) is 23.0 Å². The van der Waals surface area contributed by atoms with E-state index in [1.165, 1.54) is 6.07 Å². The maximum atomic E-state index is 13.5. The third kappa shape index (κ3) is 3.30. The molecule has 0 radical (unpaired) electrons. The van der Waals surface area contributed by atoms with Gasteiger partial charge in [0, 0.05) is 17.3 Å². The van der Waals surface area contributed by atoms with Gasteiger partial charge in [0.2, 0.25) is 0 Å². The van der Waals surface area contributed by atoms with Gasteiger partial charge in [0.25, 0.3) is 5.91 Å². The zero-order valence-electron chi connectivity index (χ0n) is 10.6. The van der Waals surface area contributed by atoms with Crippen LogP contribution in [-0.2, 0) is 6.42 Å². The molecule has 1 N–H and O–H groups in total. The maximum absolute atomic E-state index is 13.5. The fourth-order valence-corrected chi connectivity index (χ4v) is 1.88. The predicted octanol–water partition coefficient (Wildman–Crippen LogP) is 3.83. The normalized spacial score (nSPS) is 10.4. The van der Waals surface area contributed by atoms with E-state index < -0.39 is 17.5 Å². The number of anilines is 1. The topological polar surface area (TPSA) is 42.0 Å². The number of rotatable bonds is 3. The van der Waals surface area contributed by atoms with Crippen LogP contribution in [-0.4, -0.2) is 10.9 Å². The second-order valence-corrected chi connectivity index (χ2v) is 4.49. The molecule has 0 fully saturated rings. The number of amides is 1. The quantitative estimate of drug-likeness (QED) is 0.875. The molecular formula is C14H11ClF2N2O. The molecule has 0 unspecified atom stereocenters. The summed E-state index contributed by atoms with van der Waals surface area (Å²) in [5.41, 5.74) is 0.661. The van der Waals surface area contributed by atoms with Crippen molar-refractivity contribution < 1.29 is 13.6 Å². The Balaban J connectivity index is 2.28. The van der Waals surface area contributed by atoms with Gasteiger partial charge in [0.05, 0.1) is 5.69 Å². The standard InChI is InChI=1S/C14H11ClF2N2O/c1-2-10-5-8(6-13(15)18-10)14(20)19-12-7-9(16)3-4-11(12)17/h3-7H,2H2,1H3,(H,19,20). The average molecular weight is 297 g/mol. The molecule has 104 valence electrons. The Hall–Kier alpha value is -2.01. The zero-order valence-corrected chi connectivity index (χ0v) is 11.3. The van der Waals surface area contributed by atoms with E-state index >= 15 is 0 Å². The fourth-order valence-electron chi connectivity index (χ4n) is 1.65. The van der Waals surface area contributed by atoms with Crippen LogP contribution in [0.15, 0.2) is 30.3 Å². The summed E-state index contributed by atoms with van der Waals surface area (Å²) in [4.78, 5) is 16.0. The molecule has 1 heterocycles. The first kappa shape index (κ1) is 14.4.